The highest BCUT2D eigenvalue weighted by Gasteiger charge is 1.31. The topological polar surface area (TPSA) is 34.3 Å². The van der Waals surface area contributed by atoms with Gasteiger partial charge in [-0.25, -0.2) is 0 Å². The van der Waals surface area contributed by atoms with Crippen LogP contribution in [0.1, 0.15) is 0 Å². The van der Waals surface area contributed by atoms with Crippen molar-refractivity contribution in [1.29, 1.82) is 0 Å². The largest absolute Gasteiger partial charge is 0.642 e. The van der Waals surface area contributed by atoms with Crippen LogP contribution in [0.3, 0.4) is 0 Å². The van der Waals surface area contributed by atoms with Crippen LogP contribution in [0.15, 0.2) is 0 Å². The molecule has 4 heavy (non-hydrogen) atoms. The number of hydrogen-bond donors (Lipinski definition) is 1. The van der Waals surface area contributed by atoms with E-state index >= 15 is 0 Å². The molecule has 0 saturated heterocycles. The van der Waals surface area contributed by atoms with E-state index in [9.17, 15) is 0 Å². The number of nitrogens with zero attached hydrogens (tertiary/aromatic N) is 1. The Morgan fingerprint density at radius 2 is 2.25 bits per heavy atom. The molecule has 0 heterocycles. The lowest BCUT2D eigenvalue weighted by Crippen LogP contribution is -1.69. The zero-order valence-electron chi connectivity index (χ0n) is 2.60. The monoisotopic (exact) mass is 60.0 g/mol. The summed E-state index contributed by atoms with van der Waals surface area (Å²) in [5.74, 6) is 0. The summed E-state index contributed by atoms with van der Waals surface area (Å²) in [6.45, 7) is -0.0556. The maximum Gasteiger partial charge on any atom is -0.0469 e. The molecule has 0 amide bonds. The van der Waals surface area contributed by atoms with E-state index in [0.29, 0.717) is 0 Å². The van der Waals surface area contributed by atoms with Gasteiger partial charge in [-0.1, -0.05) is 0 Å². The van der Waals surface area contributed by atoms with E-state index in [0.717, 1.165) is 0 Å². The Morgan fingerprint density at radius 1 is 2.00 bits per heavy atom. The molecule has 0 spiro atoms. The molecule has 2 heteroatoms. The highest BCUT2D eigenvalue weighted by Crippen LogP contribution is 1.61. The molecule has 0 saturated carbocycles. The van der Waals surface area contributed by atoms with E-state index < -0.39 is 0 Å². The van der Waals surface area contributed by atoms with Gasteiger partial charge in [0.2, 0.25) is 0 Å². The second-order valence-corrected chi connectivity index (χ2v) is 0.458. The van der Waals surface area contributed by atoms with Crippen molar-refractivity contribution < 1.29 is 5.11 Å². The van der Waals surface area contributed by atoms with Gasteiger partial charge in [-0.15, -0.1) is 0 Å². The first-order valence-corrected chi connectivity index (χ1v) is 1.08. The average molecular weight is 60.1 g/mol. The third-order valence-electron chi connectivity index (χ3n) is 0.141. The lowest BCUT2D eigenvalue weighted by molar-refractivity contribution is 0.333. The van der Waals surface area contributed by atoms with Gasteiger partial charge in [0.25, 0.3) is 0 Å². The zero-order chi connectivity index (χ0) is 3.41. The van der Waals surface area contributed by atoms with E-state index in [1.165, 1.54) is 0 Å². The van der Waals surface area contributed by atoms with Crippen molar-refractivity contribution in [2.45, 2.75) is 0 Å². The van der Waals surface area contributed by atoms with E-state index in [-0.39, 0.29) is 6.73 Å². The van der Waals surface area contributed by atoms with Crippen LogP contribution in [0.5, 0.6) is 0 Å². The standard InChI is InChI=1S/C2H6NO/c1-3-2-4/h4H,2H2,1H3/q-1. The molecule has 0 aromatic rings. The van der Waals surface area contributed by atoms with Crippen molar-refractivity contribution in [3.8, 4) is 0 Å². The van der Waals surface area contributed by atoms with Crippen LogP contribution in [0.25, 0.3) is 5.32 Å². The predicted molar refractivity (Wildman–Crippen MR) is 16.4 cm³/mol. The fourth-order valence-electron chi connectivity index (χ4n) is 0. The van der Waals surface area contributed by atoms with Crippen molar-refractivity contribution in [2.24, 2.45) is 0 Å². The lowest BCUT2D eigenvalue weighted by atomic mass is 11.2. The average Bonchev–Trinajstić information content (AvgIpc) is 1.37. The smallest absolute Gasteiger partial charge is 0.0469 e. The number of rotatable bonds is 1. The summed E-state index contributed by atoms with van der Waals surface area (Å²) in [6, 6.07) is 0. The first-order chi connectivity index (χ1) is 1.91. The Morgan fingerprint density at radius 3 is 2.25 bits per heavy atom. The minimum absolute atomic E-state index is 0.0556. The van der Waals surface area contributed by atoms with Crippen molar-refractivity contribution in [2.75, 3.05) is 13.8 Å². The van der Waals surface area contributed by atoms with Crippen LogP contribution >= 0.6 is 0 Å². The minimum Gasteiger partial charge on any atom is -0.642 e. The molecule has 0 aliphatic carbocycles. The van der Waals surface area contributed by atoms with Gasteiger partial charge in [0.1, 0.15) is 0 Å². The molecule has 26 valence electrons. The molecule has 0 unspecified atom stereocenters. The minimum atomic E-state index is -0.0556. The summed E-state index contributed by atoms with van der Waals surface area (Å²) in [7, 11) is 1.56. The Labute approximate surface area is 25.4 Å². The van der Waals surface area contributed by atoms with Gasteiger partial charge < -0.3 is 10.4 Å². The van der Waals surface area contributed by atoms with Crippen LogP contribution in [0.4, 0.5) is 0 Å². The molecule has 0 atom stereocenters. The van der Waals surface area contributed by atoms with Gasteiger partial charge in [0, 0.05) is 0 Å². The van der Waals surface area contributed by atoms with Gasteiger partial charge in [0.15, 0.2) is 0 Å². The summed E-state index contributed by atoms with van der Waals surface area (Å²) in [5.41, 5.74) is 0. The second-order valence-electron chi connectivity index (χ2n) is 0.458. The van der Waals surface area contributed by atoms with Gasteiger partial charge >= 0.3 is 0 Å². The summed E-state index contributed by atoms with van der Waals surface area (Å²) in [4.78, 5) is 0. The summed E-state index contributed by atoms with van der Waals surface area (Å²) in [6.07, 6.45) is 0. The molecule has 0 fully saturated rings. The first kappa shape index (κ1) is 3.92. The third kappa shape index (κ3) is 1.92. The van der Waals surface area contributed by atoms with E-state index in [4.69, 9.17) is 5.11 Å². The fraction of sp³-hybridized carbons (Fsp3) is 1.00. The number of hydrogen-bond acceptors (Lipinski definition) is 1. The van der Waals surface area contributed by atoms with E-state index in [1.54, 1.807) is 7.05 Å². The molecule has 0 aromatic carbocycles. The lowest BCUT2D eigenvalue weighted by Gasteiger charge is -1.97. The number of aliphatic hydroxyl groups is 1. The summed E-state index contributed by atoms with van der Waals surface area (Å²) in [5, 5.41) is 11.0. The van der Waals surface area contributed by atoms with Crippen molar-refractivity contribution in [3.63, 3.8) is 0 Å². The van der Waals surface area contributed by atoms with E-state index in [1.807, 2.05) is 0 Å². The molecule has 0 aromatic heterocycles. The molecular formula is C2H6NO-. The second kappa shape index (κ2) is 2.92. The van der Waals surface area contributed by atoms with Crippen LogP contribution in [0.2, 0.25) is 0 Å². The van der Waals surface area contributed by atoms with Crippen LogP contribution < -0.4 is 0 Å². The zero-order valence-corrected chi connectivity index (χ0v) is 2.60. The first-order valence-electron chi connectivity index (χ1n) is 1.08. The Bertz CT molecular complexity index is 8.00. The molecule has 1 N–H and O–H groups in total. The van der Waals surface area contributed by atoms with Gasteiger partial charge in [0.05, 0.1) is 0 Å². The summed E-state index contributed by atoms with van der Waals surface area (Å²) >= 11 is 0. The number of aliphatic hydroxyl groups excluding tert-OH is 1. The van der Waals surface area contributed by atoms with Gasteiger partial charge in [-0.3, -0.25) is 0 Å². The van der Waals surface area contributed by atoms with Crippen LogP contribution in [-0.2, 0) is 0 Å². The van der Waals surface area contributed by atoms with E-state index in [2.05, 4.69) is 5.32 Å². The predicted octanol–water partition coefficient (Wildman–Crippen LogP) is -0.0603. The van der Waals surface area contributed by atoms with Gasteiger partial charge in [-0.05, 0) is 6.73 Å². The Kier molecular flexibility index (Phi) is 2.86. The maximum atomic E-state index is 7.71. The molecule has 0 aliphatic heterocycles. The quantitative estimate of drug-likeness (QED) is 0.452. The van der Waals surface area contributed by atoms with Crippen LogP contribution in [0, 0.1) is 0 Å². The molecule has 0 radical (unpaired) electrons. The molecular weight excluding hydrogens is 54.0 g/mol. The Hall–Kier alpha value is -0.0800. The molecule has 2 nitrogen and oxygen atoms in total. The third-order valence-corrected chi connectivity index (χ3v) is 0.141. The van der Waals surface area contributed by atoms with Crippen molar-refractivity contribution >= 4 is 0 Å². The highest BCUT2D eigenvalue weighted by atomic mass is 16.3. The normalized spacial score (nSPS) is 7.50. The molecule has 0 aliphatic rings. The van der Waals surface area contributed by atoms with Crippen molar-refractivity contribution in [1.82, 2.24) is 0 Å². The SMILES string of the molecule is C[N-]CO. The molecule has 0 rings (SSSR count). The maximum absolute atomic E-state index is 7.71. The fourth-order valence-corrected chi connectivity index (χ4v) is 0. The van der Waals surface area contributed by atoms with Crippen molar-refractivity contribution in [3.05, 3.63) is 5.32 Å². The molecule has 0 bridgehead atoms. The highest BCUT2D eigenvalue weighted by molar-refractivity contribution is 4.56. The summed E-state index contributed by atoms with van der Waals surface area (Å²) < 4.78 is 0. The van der Waals surface area contributed by atoms with Crippen LogP contribution in [-0.4, -0.2) is 18.9 Å². The van der Waals surface area contributed by atoms with Gasteiger partial charge in [-0.2, -0.15) is 7.05 Å². The Balaban J connectivity index is 1.97.